The zero-order valence-electron chi connectivity index (χ0n) is 16.8. The van der Waals surface area contributed by atoms with Gasteiger partial charge < -0.3 is 9.63 Å². The monoisotopic (exact) mass is 406 g/mol. The zero-order chi connectivity index (χ0) is 20.5. The molecule has 0 radical (unpaired) electrons. The number of Topliss-reactive ketones (excluding diaryl/α,β-unsaturated/α-hetero) is 1. The number of hydrogen-bond acceptors (Lipinski definition) is 4. The average Bonchev–Trinajstić information content (AvgIpc) is 2.60. The molecule has 1 saturated carbocycles. The predicted molar refractivity (Wildman–Crippen MR) is 112 cm³/mol. The Morgan fingerprint density at radius 1 is 1.21 bits per heavy atom. The molecule has 0 spiro atoms. The van der Waals surface area contributed by atoms with Gasteiger partial charge in [-0.25, -0.2) is 0 Å². The maximum atomic E-state index is 11.8. The quantitative estimate of drug-likeness (QED) is 0.438. The Hall–Kier alpha value is -1.71. The van der Waals surface area contributed by atoms with Crippen LogP contribution in [0, 0.1) is 19.8 Å². The van der Waals surface area contributed by atoms with E-state index in [1.807, 2.05) is 12.2 Å². The second kappa shape index (κ2) is 11.3. The Kier molecular flexibility index (Phi) is 9.14. The van der Waals surface area contributed by atoms with E-state index in [2.05, 4.69) is 26.0 Å². The first-order valence-electron chi connectivity index (χ1n) is 10.0. The van der Waals surface area contributed by atoms with Gasteiger partial charge in [-0.15, -0.1) is 0 Å². The van der Waals surface area contributed by atoms with Gasteiger partial charge in [-0.1, -0.05) is 62.0 Å². The van der Waals surface area contributed by atoms with Crippen molar-refractivity contribution in [3.63, 3.8) is 0 Å². The summed E-state index contributed by atoms with van der Waals surface area (Å²) in [6, 6.07) is 4.42. The summed E-state index contributed by atoms with van der Waals surface area (Å²) >= 11 is 0. The van der Waals surface area contributed by atoms with Crippen LogP contribution in [0.25, 0.3) is 6.08 Å². The number of carbonyl (C=O) groups is 2. The Labute approximate surface area is 168 Å². The summed E-state index contributed by atoms with van der Waals surface area (Å²) in [5, 5.41) is 8.56. The fourth-order valence-electron chi connectivity index (χ4n) is 3.93. The lowest BCUT2D eigenvalue weighted by molar-refractivity contribution is -0.139. The van der Waals surface area contributed by atoms with Gasteiger partial charge in [0.15, 0.2) is 13.8 Å². The van der Waals surface area contributed by atoms with Crippen molar-refractivity contribution in [3.8, 4) is 0 Å². The minimum Gasteiger partial charge on any atom is -0.481 e. The number of benzene rings is 1. The predicted octanol–water partition coefficient (Wildman–Crippen LogP) is 4.97. The van der Waals surface area contributed by atoms with Gasteiger partial charge >= 0.3 is 5.97 Å². The third kappa shape index (κ3) is 7.73. The number of rotatable bonds is 10. The summed E-state index contributed by atoms with van der Waals surface area (Å²) in [4.78, 5) is 21.9. The molecule has 1 aromatic rings. The molecule has 0 heterocycles. The number of aryl methyl sites for hydroxylation is 2. The fourth-order valence-corrected chi connectivity index (χ4v) is 4.76. The van der Waals surface area contributed by atoms with Gasteiger partial charge in [0, 0.05) is 0 Å². The molecule has 6 heteroatoms. The third-order valence-electron chi connectivity index (χ3n) is 5.17. The highest BCUT2D eigenvalue weighted by molar-refractivity contribution is 7.40. The van der Waals surface area contributed by atoms with E-state index in [1.54, 1.807) is 0 Å². The number of carbonyl (C=O) groups excluding carboxylic acids is 1. The number of hydrogen-bond donors (Lipinski definition) is 1. The topological polar surface area (TPSA) is 80.7 Å². The molecule has 1 N–H and O–H groups in total. The third-order valence-corrected chi connectivity index (χ3v) is 6.34. The van der Waals surface area contributed by atoms with E-state index in [0.717, 1.165) is 12.3 Å². The largest absolute Gasteiger partial charge is 0.481 e. The summed E-state index contributed by atoms with van der Waals surface area (Å²) < 4.78 is 17.0. The van der Waals surface area contributed by atoms with Crippen LogP contribution in [0.1, 0.15) is 60.8 Å². The SMILES string of the molecule is Cc1cc(C)c(/C=C/CO[PH](=O)CC(=O)CC(=O)O)c(CC2CCCCC2)c1. The molecular formula is C22H31O5P. The molecule has 1 unspecified atom stereocenters. The van der Waals surface area contributed by atoms with Gasteiger partial charge in [0.25, 0.3) is 0 Å². The minimum absolute atomic E-state index is 0.147. The van der Waals surface area contributed by atoms with Gasteiger partial charge in [-0.2, -0.15) is 0 Å². The molecule has 0 amide bonds. The molecule has 154 valence electrons. The highest BCUT2D eigenvalue weighted by atomic mass is 31.1. The summed E-state index contributed by atoms with van der Waals surface area (Å²) in [7, 11) is -2.55. The second-order valence-corrected chi connectivity index (χ2v) is 9.12. The smallest absolute Gasteiger partial charge is 0.310 e. The number of carboxylic acid groups (broad SMARTS) is 1. The van der Waals surface area contributed by atoms with Crippen LogP contribution in [0.15, 0.2) is 18.2 Å². The lowest BCUT2D eigenvalue weighted by Crippen LogP contribution is -2.10. The lowest BCUT2D eigenvalue weighted by Gasteiger charge is -2.23. The van der Waals surface area contributed by atoms with Crippen molar-refractivity contribution in [2.75, 3.05) is 12.8 Å². The summed E-state index contributed by atoms with van der Waals surface area (Å²) in [5.41, 5.74) is 5.02. The van der Waals surface area contributed by atoms with Crippen LogP contribution in [0.2, 0.25) is 0 Å². The minimum atomic E-state index is -2.55. The lowest BCUT2D eigenvalue weighted by atomic mass is 9.83. The summed E-state index contributed by atoms with van der Waals surface area (Å²) in [5.74, 6) is -1.03. The molecule has 2 rings (SSSR count). The molecule has 1 aliphatic carbocycles. The Morgan fingerprint density at radius 3 is 2.61 bits per heavy atom. The standard InChI is InChI=1S/C22H31O5P/c1-16-11-17(2)21(19(12-16)13-18-7-4-3-5-8-18)9-6-10-27-28(26)15-20(23)14-22(24)25/h6,9,11-12,18,28H,3-5,7-8,10,13-15H2,1-2H3,(H,24,25)/b9-6+. The average molecular weight is 406 g/mol. The van der Waals surface area contributed by atoms with Crippen molar-refractivity contribution in [1.29, 1.82) is 0 Å². The van der Waals surface area contributed by atoms with Crippen LogP contribution in [0.3, 0.4) is 0 Å². The number of aliphatic carboxylic acids is 1. The van der Waals surface area contributed by atoms with Crippen molar-refractivity contribution in [3.05, 3.63) is 40.5 Å². The second-order valence-electron chi connectivity index (χ2n) is 7.73. The van der Waals surface area contributed by atoms with E-state index in [9.17, 15) is 14.2 Å². The Bertz CT molecular complexity index is 748. The van der Waals surface area contributed by atoms with Crippen LogP contribution >= 0.6 is 8.03 Å². The zero-order valence-corrected chi connectivity index (χ0v) is 17.8. The Balaban J connectivity index is 1.95. The van der Waals surface area contributed by atoms with Gasteiger partial charge in [-0.3, -0.25) is 14.2 Å². The molecule has 28 heavy (non-hydrogen) atoms. The van der Waals surface area contributed by atoms with E-state index < -0.39 is 26.2 Å². The molecule has 5 nitrogen and oxygen atoms in total. The Morgan fingerprint density at radius 2 is 1.93 bits per heavy atom. The van der Waals surface area contributed by atoms with Crippen LogP contribution < -0.4 is 0 Å². The van der Waals surface area contributed by atoms with Crippen molar-refractivity contribution < 1.29 is 23.8 Å². The first kappa shape index (κ1) is 22.6. The molecule has 0 saturated heterocycles. The first-order chi connectivity index (χ1) is 13.3. The molecule has 0 aliphatic heterocycles. The number of ketones is 1. The van der Waals surface area contributed by atoms with Crippen LogP contribution in [-0.2, 0) is 25.1 Å². The van der Waals surface area contributed by atoms with Gasteiger partial charge in [0.1, 0.15) is 6.42 Å². The van der Waals surface area contributed by atoms with E-state index in [4.69, 9.17) is 9.63 Å². The normalized spacial score (nSPS) is 16.4. The van der Waals surface area contributed by atoms with E-state index >= 15 is 0 Å². The van der Waals surface area contributed by atoms with Crippen molar-refractivity contribution in [2.24, 2.45) is 5.92 Å². The van der Waals surface area contributed by atoms with E-state index in [0.29, 0.717) is 0 Å². The molecule has 1 aromatic carbocycles. The molecule has 1 atom stereocenters. The maximum Gasteiger partial charge on any atom is 0.310 e. The molecule has 0 bridgehead atoms. The highest BCUT2D eigenvalue weighted by Crippen LogP contribution is 2.30. The molecule has 1 aliphatic rings. The maximum absolute atomic E-state index is 11.8. The molecule has 0 aromatic heterocycles. The highest BCUT2D eigenvalue weighted by Gasteiger charge is 2.16. The van der Waals surface area contributed by atoms with E-state index in [1.165, 1.54) is 54.4 Å². The van der Waals surface area contributed by atoms with Crippen LogP contribution in [-0.4, -0.2) is 29.6 Å². The fraction of sp³-hybridized carbons (Fsp3) is 0.545. The van der Waals surface area contributed by atoms with Crippen molar-refractivity contribution in [2.45, 2.75) is 58.8 Å². The van der Waals surface area contributed by atoms with E-state index in [-0.39, 0.29) is 12.8 Å². The van der Waals surface area contributed by atoms with Gasteiger partial charge in [-0.05, 0) is 42.9 Å². The summed E-state index contributed by atoms with van der Waals surface area (Å²) in [6.45, 7) is 4.37. The van der Waals surface area contributed by atoms with Gasteiger partial charge in [0.2, 0.25) is 0 Å². The van der Waals surface area contributed by atoms with Gasteiger partial charge in [0.05, 0.1) is 12.8 Å². The van der Waals surface area contributed by atoms with Crippen LogP contribution in [0.5, 0.6) is 0 Å². The summed E-state index contributed by atoms with van der Waals surface area (Å²) in [6.07, 6.45) is 10.6. The number of carboxylic acids is 1. The molecule has 1 fully saturated rings. The van der Waals surface area contributed by atoms with Crippen molar-refractivity contribution in [1.82, 2.24) is 0 Å². The first-order valence-corrected chi connectivity index (χ1v) is 11.5. The molecular weight excluding hydrogens is 375 g/mol. The van der Waals surface area contributed by atoms with Crippen LogP contribution in [0.4, 0.5) is 0 Å². The van der Waals surface area contributed by atoms with Crippen molar-refractivity contribution >= 4 is 25.9 Å².